The number of benzene rings is 1. The van der Waals surface area contributed by atoms with Gasteiger partial charge in [0.1, 0.15) is 0 Å². The molecule has 0 aromatic heterocycles. The molecule has 17 heavy (non-hydrogen) atoms. The lowest BCUT2D eigenvalue weighted by Crippen LogP contribution is -2.15. The molecule has 0 atom stereocenters. The summed E-state index contributed by atoms with van der Waals surface area (Å²) in [5, 5.41) is 0. The first-order valence-corrected chi connectivity index (χ1v) is 6.11. The highest BCUT2D eigenvalue weighted by Crippen LogP contribution is 2.29. The normalized spacial score (nSPS) is 11.7. The van der Waals surface area contributed by atoms with Gasteiger partial charge in [0.2, 0.25) is 0 Å². The van der Waals surface area contributed by atoms with Gasteiger partial charge in [-0.1, -0.05) is 76.4 Å². The summed E-state index contributed by atoms with van der Waals surface area (Å²) in [7, 11) is 0. The van der Waals surface area contributed by atoms with Crippen LogP contribution in [0.4, 0.5) is 0 Å². The molecule has 0 saturated carbocycles. The highest BCUT2D eigenvalue weighted by Gasteiger charge is 2.18. The van der Waals surface area contributed by atoms with Crippen molar-refractivity contribution in [3.05, 3.63) is 60.2 Å². The standard InChI is InChI=1S/C17H22/c1-6-9-10-15-11-12-16(13-14(15)7-2)17(4,5)8-3/h6-7,9-13H,1-2,8H2,3-5H3/b10-9-. The molecule has 0 amide bonds. The molecule has 0 bridgehead atoms. The second-order valence-corrected chi connectivity index (χ2v) is 4.88. The van der Waals surface area contributed by atoms with Crippen molar-refractivity contribution in [1.29, 1.82) is 0 Å². The molecule has 1 aromatic carbocycles. The summed E-state index contributed by atoms with van der Waals surface area (Å²) in [5.41, 5.74) is 3.96. The maximum atomic E-state index is 3.89. The Hall–Kier alpha value is -1.56. The molecule has 0 aliphatic carbocycles. The third-order valence-electron chi connectivity index (χ3n) is 3.38. The molecule has 0 aliphatic heterocycles. The van der Waals surface area contributed by atoms with Gasteiger partial charge in [-0.15, -0.1) is 0 Å². The molecule has 1 rings (SSSR count). The molecule has 0 heteroatoms. The summed E-state index contributed by atoms with van der Waals surface area (Å²) in [6.07, 6.45) is 8.85. The minimum atomic E-state index is 0.221. The van der Waals surface area contributed by atoms with Crippen LogP contribution in [0.5, 0.6) is 0 Å². The van der Waals surface area contributed by atoms with E-state index in [1.54, 1.807) is 6.08 Å². The fourth-order valence-corrected chi connectivity index (χ4v) is 1.70. The Bertz CT molecular complexity index is 433. The van der Waals surface area contributed by atoms with E-state index in [-0.39, 0.29) is 5.41 Å². The quantitative estimate of drug-likeness (QED) is 0.604. The maximum absolute atomic E-state index is 3.89. The first-order valence-electron chi connectivity index (χ1n) is 6.11. The molecule has 0 spiro atoms. The molecule has 1 aromatic rings. The van der Waals surface area contributed by atoms with Gasteiger partial charge in [0.05, 0.1) is 0 Å². The summed E-state index contributed by atoms with van der Waals surface area (Å²) in [5.74, 6) is 0. The number of allylic oxidation sites excluding steroid dienone is 2. The molecule has 90 valence electrons. The Kier molecular flexibility index (Phi) is 4.51. The zero-order valence-corrected chi connectivity index (χ0v) is 11.2. The van der Waals surface area contributed by atoms with Gasteiger partial charge in [-0.05, 0) is 28.5 Å². The van der Waals surface area contributed by atoms with Crippen molar-refractivity contribution in [1.82, 2.24) is 0 Å². The molecule has 0 fully saturated rings. The smallest absolute Gasteiger partial charge is 0.0106 e. The number of rotatable bonds is 5. The minimum absolute atomic E-state index is 0.221. The largest absolute Gasteiger partial charge is 0.0991 e. The van der Waals surface area contributed by atoms with E-state index in [0.717, 1.165) is 6.42 Å². The minimum Gasteiger partial charge on any atom is -0.0991 e. The van der Waals surface area contributed by atoms with Gasteiger partial charge in [0, 0.05) is 0 Å². The van der Waals surface area contributed by atoms with Crippen molar-refractivity contribution in [3.8, 4) is 0 Å². The van der Waals surface area contributed by atoms with Crippen molar-refractivity contribution in [2.75, 3.05) is 0 Å². The number of hydrogen-bond donors (Lipinski definition) is 0. The average molecular weight is 226 g/mol. The van der Waals surface area contributed by atoms with Crippen molar-refractivity contribution < 1.29 is 0 Å². The van der Waals surface area contributed by atoms with Crippen molar-refractivity contribution >= 4 is 12.2 Å². The van der Waals surface area contributed by atoms with Crippen LogP contribution in [0.1, 0.15) is 43.9 Å². The van der Waals surface area contributed by atoms with Crippen molar-refractivity contribution in [3.63, 3.8) is 0 Å². The van der Waals surface area contributed by atoms with Gasteiger partial charge in [-0.25, -0.2) is 0 Å². The van der Waals surface area contributed by atoms with Gasteiger partial charge in [-0.2, -0.15) is 0 Å². The fourth-order valence-electron chi connectivity index (χ4n) is 1.70. The summed E-state index contributed by atoms with van der Waals surface area (Å²) < 4.78 is 0. The molecular weight excluding hydrogens is 204 g/mol. The Morgan fingerprint density at radius 2 is 1.88 bits per heavy atom. The van der Waals surface area contributed by atoms with Crippen LogP contribution in [0.3, 0.4) is 0 Å². The van der Waals surface area contributed by atoms with Crippen LogP contribution < -0.4 is 0 Å². The highest BCUT2D eigenvalue weighted by molar-refractivity contribution is 5.66. The van der Waals surface area contributed by atoms with Crippen LogP contribution in [-0.4, -0.2) is 0 Å². The fraction of sp³-hybridized carbons (Fsp3) is 0.294. The van der Waals surface area contributed by atoms with Gasteiger partial charge < -0.3 is 0 Å². The van der Waals surface area contributed by atoms with E-state index in [0.29, 0.717) is 0 Å². The first kappa shape index (κ1) is 13.5. The number of hydrogen-bond acceptors (Lipinski definition) is 0. The maximum Gasteiger partial charge on any atom is -0.0106 e. The Morgan fingerprint density at radius 1 is 1.18 bits per heavy atom. The van der Waals surface area contributed by atoms with E-state index in [4.69, 9.17) is 0 Å². The summed E-state index contributed by atoms with van der Waals surface area (Å²) in [6, 6.07) is 6.60. The van der Waals surface area contributed by atoms with Crippen LogP contribution in [-0.2, 0) is 5.41 Å². The second-order valence-electron chi connectivity index (χ2n) is 4.88. The summed E-state index contributed by atoms with van der Waals surface area (Å²) in [4.78, 5) is 0. The lowest BCUT2D eigenvalue weighted by Gasteiger charge is -2.24. The Balaban J connectivity index is 3.21. The molecule has 0 unspecified atom stereocenters. The Morgan fingerprint density at radius 3 is 2.41 bits per heavy atom. The van der Waals surface area contributed by atoms with E-state index in [1.807, 2.05) is 12.2 Å². The van der Waals surface area contributed by atoms with Crippen LogP contribution in [0.2, 0.25) is 0 Å². The second kappa shape index (κ2) is 5.67. The van der Waals surface area contributed by atoms with Gasteiger partial charge in [-0.3, -0.25) is 0 Å². The van der Waals surface area contributed by atoms with Gasteiger partial charge in [0.25, 0.3) is 0 Å². The first-order chi connectivity index (χ1) is 8.05. The monoisotopic (exact) mass is 226 g/mol. The third-order valence-corrected chi connectivity index (χ3v) is 3.38. The summed E-state index contributed by atoms with van der Waals surface area (Å²) in [6.45, 7) is 14.3. The molecule has 0 heterocycles. The SMILES string of the molecule is C=C/C=C\c1ccc(C(C)(C)CC)cc1C=C. The van der Waals surface area contributed by atoms with Crippen molar-refractivity contribution in [2.45, 2.75) is 32.6 Å². The summed E-state index contributed by atoms with van der Waals surface area (Å²) >= 11 is 0. The predicted molar refractivity (Wildman–Crippen MR) is 79.1 cm³/mol. The van der Waals surface area contributed by atoms with E-state index in [1.165, 1.54) is 16.7 Å². The predicted octanol–water partition coefficient (Wildman–Crippen LogP) is 5.22. The molecular formula is C17H22. The molecule has 0 aliphatic rings. The lowest BCUT2D eigenvalue weighted by molar-refractivity contribution is 0.506. The molecule has 0 saturated heterocycles. The Labute approximate surface area is 105 Å². The van der Waals surface area contributed by atoms with Crippen LogP contribution >= 0.6 is 0 Å². The van der Waals surface area contributed by atoms with Crippen molar-refractivity contribution in [2.24, 2.45) is 0 Å². The van der Waals surface area contributed by atoms with E-state index >= 15 is 0 Å². The van der Waals surface area contributed by atoms with E-state index < -0.39 is 0 Å². The average Bonchev–Trinajstić information content (AvgIpc) is 2.35. The zero-order valence-electron chi connectivity index (χ0n) is 11.2. The van der Waals surface area contributed by atoms with Crippen LogP contribution in [0.25, 0.3) is 12.2 Å². The topological polar surface area (TPSA) is 0 Å². The van der Waals surface area contributed by atoms with Gasteiger partial charge in [0.15, 0.2) is 0 Å². The van der Waals surface area contributed by atoms with E-state index in [2.05, 4.69) is 58.2 Å². The molecule has 0 radical (unpaired) electrons. The van der Waals surface area contributed by atoms with Crippen LogP contribution in [0.15, 0.2) is 43.5 Å². The molecule has 0 nitrogen and oxygen atoms in total. The zero-order chi connectivity index (χ0) is 12.9. The third kappa shape index (κ3) is 3.20. The highest BCUT2D eigenvalue weighted by atomic mass is 14.2. The lowest BCUT2D eigenvalue weighted by atomic mass is 9.81. The van der Waals surface area contributed by atoms with Gasteiger partial charge >= 0.3 is 0 Å². The van der Waals surface area contributed by atoms with E-state index in [9.17, 15) is 0 Å². The van der Waals surface area contributed by atoms with Crippen LogP contribution in [0, 0.1) is 0 Å². The molecule has 0 N–H and O–H groups in total.